The Morgan fingerprint density at radius 1 is 1.50 bits per heavy atom. The Morgan fingerprint density at radius 3 is 2.81 bits per heavy atom. The number of halogens is 1. The highest BCUT2D eigenvalue weighted by Gasteiger charge is 2.26. The fraction of sp³-hybridized carbons (Fsp3) is 0.545. The van der Waals surface area contributed by atoms with Crippen molar-refractivity contribution in [1.82, 2.24) is 9.80 Å². The number of nitrogens with zero attached hydrogens (tertiary/aromatic N) is 2. The van der Waals surface area contributed by atoms with E-state index in [1.54, 1.807) is 17.0 Å². The Balaban J connectivity index is 2.06. The molecule has 2 heterocycles. The fourth-order valence-corrected chi connectivity index (χ4v) is 1.96. The van der Waals surface area contributed by atoms with E-state index in [-0.39, 0.29) is 11.1 Å². The van der Waals surface area contributed by atoms with Gasteiger partial charge in [0.25, 0.3) is 5.91 Å². The van der Waals surface area contributed by atoms with Crippen LogP contribution in [0, 0.1) is 0 Å². The molecule has 0 spiro atoms. The number of hydrogen-bond donors (Lipinski definition) is 0. The maximum absolute atomic E-state index is 12.0. The summed E-state index contributed by atoms with van der Waals surface area (Å²) >= 11 is 5.65. The van der Waals surface area contributed by atoms with E-state index in [0.717, 1.165) is 19.6 Å². The second-order valence-electron chi connectivity index (χ2n) is 4.18. The minimum absolute atomic E-state index is 0.0770. The van der Waals surface area contributed by atoms with Crippen LogP contribution in [-0.2, 0) is 0 Å². The molecule has 1 unspecified atom stereocenters. The highest BCUT2D eigenvalue weighted by molar-refractivity contribution is 6.29. The summed E-state index contributed by atoms with van der Waals surface area (Å²) in [4.78, 5) is 16.1. The van der Waals surface area contributed by atoms with Crippen LogP contribution in [0.2, 0.25) is 5.22 Å². The van der Waals surface area contributed by atoms with E-state index < -0.39 is 0 Å². The van der Waals surface area contributed by atoms with Crippen molar-refractivity contribution in [3.8, 4) is 0 Å². The monoisotopic (exact) mass is 242 g/mol. The van der Waals surface area contributed by atoms with Gasteiger partial charge in [0.2, 0.25) is 0 Å². The molecule has 1 amide bonds. The molecule has 1 atom stereocenters. The molecule has 1 aliphatic rings. The summed E-state index contributed by atoms with van der Waals surface area (Å²) in [5, 5.41) is 0.255. The second kappa shape index (κ2) is 4.47. The van der Waals surface area contributed by atoms with Gasteiger partial charge in [-0.05, 0) is 37.7 Å². The van der Waals surface area contributed by atoms with Crippen LogP contribution in [0.3, 0.4) is 0 Å². The van der Waals surface area contributed by atoms with Crippen molar-refractivity contribution in [3.05, 3.63) is 23.1 Å². The molecule has 0 aromatic carbocycles. The quantitative estimate of drug-likeness (QED) is 0.752. The van der Waals surface area contributed by atoms with E-state index in [4.69, 9.17) is 16.0 Å². The summed E-state index contributed by atoms with van der Waals surface area (Å²) < 4.78 is 5.12. The number of furan rings is 1. The van der Waals surface area contributed by atoms with Crippen LogP contribution in [0.5, 0.6) is 0 Å². The first-order valence-corrected chi connectivity index (χ1v) is 5.70. The van der Waals surface area contributed by atoms with Gasteiger partial charge in [-0.25, -0.2) is 0 Å². The van der Waals surface area contributed by atoms with Crippen LogP contribution < -0.4 is 0 Å². The molecule has 0 bridgehead atoms. The third kappa shape index (κ3) is 2.23. The molecular formula is C11H15ClN2O2. The molecule has 1 fully saturated rings. The van der Waals surface area contributed by atoms with E-state index >= 15 is 0 Å². The van der Waals surface area contributed by atoms with Crippen molar-refractivity contribution in [2.45, 2.75) is 13.0 Å². The number of carbonyl (C=O) groups excluding carboxylic acids is 1. The highest BCUT2D eigenvalue weighted by atomic mass is 35.5. The lowest BCUT2D eigenvalue weighted by atomic mass is 10.2. The number of amides is 1. The number of carbonyl (C=O) groups is 1. The number of hydrogen-bond acceptors (Lipinski definition) is 3. The molecule has 0 N–H and O–H groups in total. The van der Waals surface area contributed by atoms with Crippen LogP contribution in [0.15, 0.2) is 16.5 Å². The van der Waals surface area contributed by atoms with Crippen LogP contribution in [0.4, 0.5) is 0 Å². The molecule has 0 saturated carbocycles. The van der Waals surface area contributed by atoms with Gasteiger partial charge in [0.05, 0.1) is 0 Å². The molecule has 16 heavy (non-hydrogen) atoms. The number of piperazine rings is 1. The zero-order valence-corrected chi connectivity index (χ0v) is 10.2. The van der Waals surface area contributed by atoms with Crippen molar-refractivity contribution >= 4 is 17.5 Å². The smallest absolute Gasteiger partial charge is 0.289 e. The molecule has 4 nitrogen and oxygen atoms in total. The van der Waals surface area contributed by atoms with E-state index in [0.29, 0.717) is 11.8 Å². The van der Waals surface area contributed by atoms with Gasteiger partial charge < -0.3 is 14.2 Å². The van der Waals surface area contributed by atoms with E-state index in [2.05, 4.69) is 18.9 Å². The first kappa shape index (κ1) is 11.5. The van der Waals surface area contributed by atoms with Gasteiger partial charge in [-0.3, -0.25) is 4.79 Å². The van der Waals surface area contributed by atoms with Crippen LogP contribution >= 0.6 is 11.6 Å². The topological polar surface area (TPSA) is 36.7 Å². The molecule has 1 saturated heterocycles. The molecule has 1 aromatic rings. The number of likely N-dealkylation sites (N-methyl/N-ethyl adjacent to an activating group) is 1. The molecule has 88 valence electrons. The molecule has 2 rings (SSSR count). The summed E-state index contributed by atoms with van der Waals surface area (Å²) in [5.74, 6) is 0.244. The van der Waals surface area contributed by atoms with Crippen LogP contribution in [0.1, 0.15) is 17.5 Å². The summed E-state index contributed by atoms with van der Waals surface area (Å²) in [6.45, 7) is 4.46. The predicted octanol–water partition coefficient (Wildman–Crippen LogP) is 1.71. The van der Waals surface area contributed by atoms with Gasteiger partial charge in [0.1, 0.15) is 0 Å². The third-order valence-electron chi connectivity index (χ3n) is 3.03. The van der Waals surface area contributed by atoms with Crippen LogP contribution in [0.25, 0.3) is 0 Å². The van der Waals surface area contributed by atoms with Crippen LogP contribution in [-0.4, -0.2) is 48.4 Å². The lowest BCUT2D eigenvalue weighted by Crippen LogP contribution is -2.51. The van der Waals surface area contributed by atoms with Gasteiger partial charge in [0.15, 0.2) is 11.0 Å². The Hall–Kier alpha value is -1.00. The Bertz CT molecular complexity index is 391. The van der Waals surface area contributed by atoms with Gasteiger partial charge in [-0.2, -0.15) is 0 Å². The zero-order chi connectivity index (χ0) is 11.7. The first-order valence-electron chi connectivity index (χ1n) is 5.33. The lowest BCUT2D eigenvalue weighted by molar-refractivity contribution is 0.0543. The summed E-state index contributed by atoms with van der Waals surface area (Å²) in [7, 11) is 2.07. The van der Waals surface area contributed by atoms with Crippen molar-refractivity contribution in [2.24, 2.45) is 0 Å². The Kier molecular flexibility index (Phi) is 3.21. The van der Waals surface area contributed by atoms with E-state index in [9.17, 15) is 4.79 Å². The predicted molar refractivity (Wildman–Crippen MR) is 61.7 cm³/mol. The van der Waals surface area contributed by atoms with Crippen molar-refractivity contribution in [2.75, 3.05) is 26.7 Å². The largest absolute Gasteiger partial charge is 0.440 e. The fourth-order valence-electron chi connectivity index (χ4n) is 1.82. The summed E-state index contributed by atoms with van der Waals surface area (Å²) in [5.41, 5.74) is 0. The molecule has 0 aliphatic carbocycles. The lowest BCUT2D eigenvalue weighted by Gasteiger charge is -2.37. The molecule has 5 heteroatoms. The summed E-state index contributed by atoms with van der Waals surface area (Å²) in [6.07, 6.45) is 0. The van der Waals surface area contributed by atoms with Gasteiger partial charge in [-0.15, -0.1) is 0 Å². The zero-order valence-electron chi connectivity index (χ0n) is 9.44. The van der Waals surface area contributed by atoms with E-state index in [1.807, 2.05) is 0 Å². The number of rotatable bonds is 1. The minimum atomic E-state index is -0.0770. The van der Waals surface area contributed by atoms with E-state index in [1.165, 1.54) is 0 Å². The SMILES string of the molecule is CC1CN(C(=O)c2ccc(Cl)o2)CCN1C. The van der Waals surface area contributed by atoms with Gasteiger partial charge >= 0.3 is 0 Å². The van der Waals surface area contributed by atoms with Crippen molar-refractivity contribution in [3.63, 3.8) is 0 Å². The highest BCUT2D eigenvalue weighted by Crippen LogP contribution is 2.17. The Labute approximate surface area is 99.8 Å². The second-order valence-corrected chi connectivity index (χ2v) is 4.56. The molecule has 1 aliphatic heterocycles. The Morgan fingerprint density at radius 2 is 2.25 bits per heavy atom. The third-order valence-corrected chi connectivity index (χ3v) is 3.23. The average Bonchev–Trinajstić information content (AvgIpc) is 2.68. The van der Waals surface area contributed by atoms with Gasteiger partial charge in [0, 0.05) is 25.7 Å². The van der Waals surface area contributed by atoms with Crippen molar-refractivity contribution in [1.29, 1.82) is 0 Å². The molecular weight excluding hydrogens is 228 g/mol. The first-order chi connectivity index (χ1) is 7.58. The summed E-state index contributed by atoms with van der Waals surface area (Å²) in [6, 6.07) is 3.59. The maximum Gasteiger partial charge on any atom is 0.289 e. The normalized spacial score (nSPS) is 22.4. The van der Waals surface area contributed by atoms with Crippen molar-refractivity contribution < 1.29 is 9.21 Å². The molecule has 1 aromatic heterocycles. The minimum Gasteiger partial charge on any atom is -0.440 e. The van der Waals surface area contributed by atoms with Gasteiger partial charge in [-0.1, -0.05) is 0 Å². The standard InChI is InChI=1S/C11H15ClN2O2/c1-8-7-14(6-5-13(8)2)11(15)9-3-4-10(12)16-9/h3-4,8H,5-7H2,1-2H3. The molecule has 0 radical (unpaired) electrons. The average molecular weight is 243 g/mol. The maximum atomic E-state index is 12.0.